The Balaban J connectivity index is 1.93. The first kappa shape index (κ1) is 21.4. The molecule has 0 radical (unpaired) electrons. The summed E-state index contributed by atoms with van der Waals surface area (Å²) in [4.78, 5) is 34.0. The van der Waals surface area contributed by atoms with Crippen LogP contribution in [0.25, 0.3) is 6.08 Å². The fraction of sp³-hybridized carbons (Fsp3) is 0.158. The number of carbonyl (C=O) groups is 2. The van der Waals surface area contributed by atoms with Crippen LogP contribution in [0.15, 0.2) is 42.5 Å². The van der Waals surface area contributed by atoms with Gasteiger partial charge in [-0.3, -0.25) is 14.9 Å². The predicted octanol–water partition coefficient (Wildman–Crippen LogP) is 2.95. The minimum atomic E-state index is -0.847. The van der Waals surface area contributed by atoms with E-state index in [1.807, 2.05) is 0 Å². The highest BCUT2D eigenvalue weighted by Gasteiger charge is 2.17. The van der Waals surface area contributed by atoms with Crippen LogP contribution in [0.3, 0.4) is 0 Å². The Kier molecular flexibility index (Phi) is 7.24. The Hall–Kier alpha value is -3.95. The van der Waals surface area contributed by atoms with Gasteiger partial charge >= 0.3 is 5.97 Å². The molecule has 0 heterocycles. The van der Waals surface area contributed by atoms with Crippen LogP contribution in [0.5, 0.6) is 11.5 Å². The molecule has 2 aromatic rings. The summed E-state index contributed by atoms with van der Waals surface area (Å²) < 4.78 is 28.1. The zero-order chi connectivity index (χ0) is 21.4. The number of nitrogens with zero attached hydrogens (tertiary/aromatic N) is 1. The SMILES string of the molecule is COc1ccc(NC(=O)COC(=O)/C=C/c2ccc(OC)c(F)c2)c([N+](=O)[O-])c1. The van der Waals surface area contributed by atoms with Crippen LogP contribution in [0.4, 0.5) is 15.8 Å². The van der Waals surface area contributed by atoms with E-state index in [0.29, 0.717) is 5.56 Å². The van der Waals surface area contributed by atoms with Crippen molar-refractivity contribution in [1.29, 1.82) is 0 Å². The summed E-state index contributed by atoms with van der Waals surface area (Å²) in [5, 5.41) is 13.4. The van der Waals surface area contributed by atoms with Gasteiger partial charge in [-0.15, -0.1) is 0 Å². The van der Waals surface area contributed by atoms with Crippen molar-refractivity contribution in [3.8, 4) is 11.5 Å². The highest BCUT2D eigenvalue weighted by Crippen LogP contribution is 2.28. The number of esters is 1. The van der Waals surface area contributed by atoms with Gasteiger partial charge in [-0.05, 0) is 35.9 Å². The molecule has 0 unspecified atom stereocenters. The maximum Gasteiger partial charge on any atom is 0.331 e. The Morgan fingerprint density at radius 1 is 1.17 bits per heavy atom. The fourth-order valence-electron chi connectivity index (χ4n) is 2.22. The molecule has 0 saturated carbocycles. The number of rotatable bonds is 8. The van der Waals surface area contributed by atoms with Crippen molar-refractivity contribution in [1.82, 2.24) is 0 Å². The molecule has 9 nitrogen and oxygen atoms in total. The fourth-order valence-corrected chi connectivity index (χ4v) is 2.22. The molecule has 0 bridgehead atoms. The monoisotopic (exact) mass is 404 g/mol. The first-order valence-corrected chi connectivity index (χ1v) is 8.14. The summed E-state index contributed by atoms with van der Waals surface area (Å²) in [6.45, 7) is -0.663. The smallest absolute Gasteiger partial charge is 0.331 e. The van der Waals surface area contributed by atoms with E-state index in [4.69, 9.17) is 14.2 Å². The third-order valence-electron chi connectivity index (χ3n) is 3.61. The number of amides is 1. The van der Waals surface area contributed by atoms with Crippen molar-refractivity contribution in [2.45, 2.75) is 0 Å². The average molecular weight is 404 g/mol. The summed E-state index contributed by atoms with van der Waals surface area (Å²) in [5.41, 5.74) is -0.0508. The Morgan fingerprint density at radius 2 is 1.93 bits per heavy atom. The van der Waals surface area contributed by atoms with Crippen LogP contribution >= 0.6 is 0 Å². The van der Waals surface area contributed by atoms with E-state index < -0.39 is 29.2 Å². The maximum atomic E-state index is 13.6. The third-order valence-corrected chi connectivity index (χ3v) is 3.61. The van der Waals surface area contributed by atoms with Gasteiger partial charge in [0.1, 0.15) is 11.4 Å². The summed E-state index contributed by atoms with van der Waals surface area (Å²) in [6.07, 6.45) is 2.32. The lowest BCUT2D eigenvalue weighted by Crippen LogP contribution is -2.20. The standard InChI is InChI=1S/C19H17FN2O7/c1-27-13-5-6-15(16(10-13)22(25)26)21-18(23)11-29-19(24)8-4-12-3-7-17(28-2)14(20)9-12/h3-10H,11H2,1-2H3,(H,21,23)/b8-4+. The van der Waals surface area contributed by atoms with E-state index in [1.54, 1.807) is 0 Å². The van der Waals surface area contributed by atoms with Crippen molar-refractivity contribution in [2.75, 3.05) is 26.1 Å². The van der Waals surface area contributed by atoms with Gasteiger partial charge in [0, 0.05) is 6.08 Å². The predicted molar refractivity (Wildman–Crippen MR) is 101 cm³/mol. The molecule has 2 rings (SSSR count). The van der Waals surface area contributed by atoms with E-state index in [2.05, 4.69) is 5.32 Å². The second-order valence-corrected chi connectivity index (χ2v) is 5.52. The molecule has 0 spiro atoms. The molecule has 10 heteroatoms. The van der Waals surface area contributed by atoms with Crippen LogP contribution in [-0.2, 0) is 14.3 Å². The molecule has 0 saturated heterocycles. The van der Waals surface area contributed by atoms with Gasteiger partial charge in [-0.1, -0.05) is 6.07 Å². The van der Waals surface area contributed by atoms with Gasteiger partial charge in [0.25, 0.3) is 11.6 Å². The molecule has 0 atom stereocenters. The number of anilines is 1. The number of halogens is 1. The summed E-state index contributed by atoms with van der Waals surface area (Å²) in [5.74, 6) is -1.89. The zero-order valence-corrected chi connectivity index (χ0v) is 15.5. The second kappa shape index (κ2) is 9.83. The zero-order valence-electron chi connectivity index (χ0n) is 15.5. The average Bonchev–Trinajstić information content (AvgIpc) is 2.71. The van der Waals surface area contributed by atoms with Crippen molar-refractivity contribution in [3.05, 3.63) is 64.0 Å². The number of carbonyl (C=O) groups excluding carboxylic acids is 2. The summed E-state index contributed by atoms with van der Waals surface area (Å²) in [7, 11) is 2.68. The maximum absolute atomic E-state index is 13.6. The van der Waals surface area contributed by atoms with Crippen LogP contribution in [0.2, 0.25) is 0 Å². The van der Waals surface area contributed by atoms with Crippen molar-refractivity contribution in [3.63, 3.8) is 0 Å². The van der Waals surface area contributed by atoms with Crippen molar-refractivity contribution >= 4 is 29.3 Å². The van der Waals surface area contributed by atoms with Gasteiger partial charge in [0.15, 0.2) is 18.2 Å². The molecule has 2 aromatic carbocycles. The number of nitrogens with one attached hydrogen (secondary N) is 1. The minimum Gasteiger partial charge on any atom is -0.496 e. The molecule has 0 aliphatic heterocycles. The molecule has 1 N–H and O–H groups in total. The van der Waals surface area contributed by atoms with E-state index in [-0.39, 0.29) is 22.9 Å². The Bertz CT molecular complexity index is 960. The molecular formula is C19H17FN2O7. The number of hydrogen-bond donors (Lipinski definition) is 1. The normalized spacial score (nSPS) is 10.4. The molecule has 152 valence electrons. The topological polar surface area (TPSA) is 117 Å². The van der Waals surface area contributed by atoms with Gasteiger partial charge in [0.05, 0.1) is 25.2 Å². The van der Waals surface area contributed by atoms with E-state index in [1.165, 1.54) is 44.6 Å². The molecular weight excluding hydrogens is 387 g/mol. The summed E-state index contributed by atoms with van der Waals surface area (Å²) in [6, 6.07) is 7.98. The molecule has 29 heavy (non-hydrogen) atoms. The van der Waals surface area contributed by atoms with Gasteiger partial charge in [0.2, 0.25) is 0 Å². The Morgan fingerprint density at radius 3 is 2.55 bits per heavy atom. The second-order valence-electron chi connectivity index (χ2n) is 5.52. The number of hydrogen-bond acceptors (Lipinski definition) is 7. The minimum absolute atomic E-state index is 0.0639. The molecule has 0 aliphatic carbocycles. The lowest BCUT2D eigenvalue weighted by atomic mass is 10.2. The van der Waals surface area contributed by atoms with E-state index in [0.717, 1.165) is 18.2 Å². The molecule has 0 fully saturated rings. The number of nitro groups is 1. The number of methoxy groups -OCH3 is 2. The van der Waals surface area contributed by atoms with Crippen LogP contribution in [0.1, 0.15) is 5.56 Å². The van der Waals surface area contributed by atoms with Crippen LogP contribution < -0.4 is 14.8 Å². The summed E-state index contributed by atoms with van der Waals surface area (Å²) >= 11 is 0. The largest absolute Gasteiger partial charge is 0.496 e. The van der Waals surface area contributed by atoms with E-state index >= 15 is 0 Å². The lowest BCUT2D eigenvalue weighted by molar-refractivity contribution is -0.384. The number of benzene rings is 2. The van der Waals surface area contributed by atoms with Crippen molar-refractivity contribution in [2.24, 2.45) is 0 Å². The van der Waals surface area contributed by atoms with Gasteiger partial charge in [-0.25, -0.2) is 9.18 Å². The highest BCUT2D eigenvalue weighted by atomic mass is 19.1. The first-order valence-electron chi connectivity index (χ1n) is 8.14. The molecule has 1 amide bonds. The number of ether oxygens (including phenoxy) is 3. The highest BCUT2D eigenvalue weighted by molar-refractivity contribution is 5.96. The lowest BCUT2D eigenvalue weighted by Gasteiger charge is -2.07. The quantitative estimate of drug-likeness (QED) is 0.311. The van der Waals surface area contributed by atoms with Crippen LogP contribution in [-0.4, -0.2) is 37.6 Å². The molecule has 0 aliphatic rings. The number of nitro benzene ring substituents is 1. The van der Waals surface area contributed by atoms with Gasteiger partial charge < -0.3 is 19.5 Å². The first-order chi connectivity index (χ1) is 13.8. The van der Waals surface area contributed by atoms with Crippen molar-refractivity contribution < 1.29 is 33.1 Å². The van der Waals surface area contributed by atoms with E-state index in [9.17, 15) is 24.1 Å². The Labute approximate surface area is 164 Å². The van der Waals surface area contributed by atoms with Gasteiger partial charge in [-0.2, -0.15) is 0 Å². The third kappa shape index (κ3) is 6.03. The molecule has 0 aromatic heterocycles. The van der Waals surface area contributed by atoms with Crippen LogP contribution in [0, 0.1) is 15.9 Å².